The Balaban J connectivity index is 1.60. The Kier molecular flexibility index (Phi) is 5.82. The molecule has 4 heterocycles. The lowest BCUT2D eigenvalue weighted by atomic mass is 10.1. The van der Waals surface area contributed by atoms with Gasteiger partial charge in [0.05, 0.1) is 16.3 Å². The lowest BCUT2D eigenvalue weighted by Gasteiger charge is -2.16. The van der Waals surface area contributed by atoms with Crippen molar-refractivity contribution in [3.8, 4) is 0 Å². The van der Waals surface area contributed by atoms with Crippen molar-refractivity contribution in [3.63, 3.8) is 0 Å². The number of carbonyl (C=O) groups excluding carboxylic acids is 1. The van der Waals surface area contributed by atoms with Gasteiger partial charge in [0.2, 0.25) is 0 Å². The number of thiophene rings is 2. The van der Waals surface area contributed by atoms with Crippen molar-refractivity contribution in [2.75, 3.05) is 5.32 Å². The summed E-state index contributed by atoms with van der Waals surface area (Å²) in [6.07, 6.45) is 5.93. The van der Waals surface area contributed by atoms with Gasteiger partial charge in [-0.25, -0.2) is 9.97 Å². The number of pyridine rings is 1. The summed E-state index contributed by atoms with van der Waals surface area (Å²) in [4.78, 5) is 28.4. The van der Waals surface area contributed by atoms with E-state index in [1.54, 1.807) is 30.1 Å². The monoisotopic (exact) mass is 423 g/mol. The first-order valence-electron chi connectivity index (χ1n) is 9.38. The minimum atomic E-state index is -0.0986. The van der Waals surface area contributed by atoms with Gasteiger partial charge in [-0.3, -0.25) is 9.78 Å². The summed E-state index contributed by atoms with van der Waals surface area (Å²) in [6, 6.07) is 8.14. The van der Waals surface area contributed by atoms with E-state index in [4.69, 9.17) is 0 Å². The molecule has 0 radical (unpaired) electrons. The van der Waals surface area contributed by atoms with E-state index < -0.39 is 0 Å². The molecule has 0 bridgehead atoms. The molecule has 0 aliphatic carbocycles. The van der Waals surface area contributed by atoms with Crippen LogP contribution in [0.15, 0.2) is 48.4 Å². The maximum Gasteiger partial charge on any atom is 0.261 e. The first-order chi connectivity index (χ1) is 14.2. The molecule has 0 saturated carbocycles. The Morgan fingerprint density at radius 2 is 2.03 bits per heavy atom. The molecule has 0 aliphatic heterocycles. The van der Waals surface area contributed by atoms with Crippen molar-refractivity contribution in [1.29, 1.82) is 0 Å². The number of rotatable bonds is 7. The second-order valence-corrected chi connectivity index (χ2v) is 8.60. The van der Waals surface area contributed by atoms with Crippen molar-refractivity contribution < 1.29 is 4.79 Å². The number of nitrogens with one attached hydrogen (secondary N) is 2. The lowest BCUT2D eigenvalue weighted by molar-refractivity contribution is 0.0954. The van der Waals surface area contributed by atoms with E-state index in [1.807, 2.05) is 19.1 Å². The molecule has 2 N–H and O–H groups in total. The molecule has 4 aromatic heterocycles. The fourth-order valence-corrected chi connectivity index (χ4v) is 5.12. The summed E-state index contributed by atoms with van der Waals surface area (Å²) in [5, 5.41) is 9.54. The molecule has 4 rings (SSSR count). The van der Waals surface area contributed by atoms with Crippen LogP contribution in [0.5, 0.6) is 0 Å². The molecule has 0 spiro atoms. The van der Waals surface area contributed by atoms with Crippen LogP contribution in [0, 0.1) is 6.92 Å². The van der Waals surface area contributed by atoms with Gasteiger partial charge in [0, 0.05) is 23.8 Å². The molecule has 8 heteroatoms. The van der Waals surface area contributed by atoms with Gasteiger partial charge in [0.25, 0.3) is 5.91 Å². The first-order valence-corrected chi connectivity index (χ1v) is 11.1. The number of aryl methyl sites for hydroxylation is 1. The zero-order valence-electron chi connectivity index (χ0n) is 16.2. The number of hydrogen-bond donors (Lipinski definition) is 2. The Bertz CT molecular complexity index is 1110. The molecule has 0 fully saturated rings. The predicted molar refractivity (Wildman–Crippen MR) is 119 cm³/mol. The molecule has 0 saturated heterocycles. The number of aromatic nitrogens is 3. The van der Waals surface area contributed by atoms with E-state index in [0.29, 0.717) is 11.4 Å². The molecule has 29 heavy (non-hydrogen) atoms. The van der Waals surface area contributed by atoms with Crippen LogP contribution in [-0.2, 0) is 6.54 Å². The summed E-state index contributed by atoms with van der Waals surface area (Å²) >= 11 is 3.13. The molecule has 0 unspecified atom stereocenters. The van der Waals surface area contributed by atoms with Crippen molar-refractivity contribution in [2.24, 2.45) is 0 Å². The fourth-order valence-electron chi connectivity index (χ4n) is 3.19. The topological polar surface area (TPSA) is 79.8 Å². The fraction of sp³-hybridized carbons (Fsp3) is 0.238. The van der Waals surface area contributed by atoms with Gasteiger partial charge >= 0.3 is 0 Å². The van der Waals surface area contributed by atoms with Gasteiger partial charge in [-0.05, 0) is 48.1 Å². The Morgan fingerprint density at radius 1 is 1.21 bits per heavy atom. The van der Waals surface area contributed by atoms with Crippen LogP contribution >= 0.6 is 22.7 Å². The highest BCUT2D eigenvalue weighted by molar-refractivity contribution is 7.20. The summed E-state index contributed by atoms with van der Waals surface area (Å²) < 4.78 is 0. The van der Waals surface area contributed by atoms with Crippen molar-refractivity contribution >= 4 is 44.6 Å². The lowest BCUT2D eigenvalue weighted by Crippen LogP contribution is -2.22. The third-order valence-electron chi connectivity index (χ3n) is 4.74. The molecule has 0 aromatic carbocycles. The first kappa shape index (κ1) is 19.5. The number of carbonyl (C=O) groups is 1. The molecule has 4 aromatic rings. The minimum Gasteiger partial charge on any atom is -0.362 e. The van der Waals surface area contributed by atoms with Crippen molar-refractivity contribution in [1.82, 2.24) is 20.3 Å². The number of fused-ring (bicyclic) bond motifs is 1. The smallest absolute Gasteiger partial charge is 0.261 e. The number of amides is 1. The van der Waals surface area contributed by atoms with E-state index in [-0.39, 0.29) is 11.9 Å². The highest BCUT2D eigenvalue weighted by Crippen LogP contribution is 2.35. The van der Waals surface area contributed by atoms with E-state index >= 15 is 0 Å². The second kappa shape index (κ2) is 8.67. The molecule has 6 nitrogen and oxygen atoms in total. The van der Waals surface area contributed by atoms with E-state index in [9.17, 15) is 4.79 Å². The van der Waals surface area contributed by atoms with Crippen LogP contribution in [0.3, 0.4) is 0 Å². The Hall–Kier alpha value is -2.84. The number of anilines is 1. The summed E-state index contributed by atoms with van der Waals surface area (Å²) in [5.41, 5.74) is 1.91. The Labute approximate surface area is 177 Å². The molecular formula is C21H21N5OS2. The zero-order chi connectivity index (χ0) is 20.2. The van der Waals surface area contributed by atoms with Gasteiger partial charge < -0.3 is 10.6 Å². The summed E-state index contributed by atoms with van der Waals surface area (Å²) in [5.74, 6) is 0.677. The van der Waals surface area contributed by atoms with Gasteiger partial charge in [-0.1, -0.05) is 13.0 Å². The maximum atomic E-state index is 12.8. The zero-order valence-corrected chi connectivity index (χ0v) is 17.8. The van der Waals surface area contributed by atoms with Crippen LogP contribution in [0.1, 0.15) is 45.1 Å². The molecule has 1 amide bonds. The standard InChI is InChI=1S/C21H21N5OS2/c1-3-15(16-5-4-10-28-16)26-19-17-13(2)18(29-21(17)25-12-24-19)20(27)23-11-14-6-8-22-9-7-14/h4-10,12,15H,3,11H2,1-2H3,(H,23,27)(H,24,25,26)/t15-/m1/s1. The molecule has 1 atom stereocenters. The van der Waals surface area contributed by atoms with Crippen LogP contribution < -0.4 is 10.6 Å². The van der Waals surface area contributed by atoms with E-state index in [2.05, 4.69) is 50.0 Å². The molecular weight excluding hydrogens is 402 g/mol. The highest BCUT2D eigenvalue weighted by atomic mass is 32.1. The Morgan fingerprint density at radius 3 is 2.76 bits per heavy atom. The number of hydrogen-bond acceptors (Lipinski definition) is 7. The van der Waals surface area contributed by atoms with Crippen LogP contribution in [-0.4, -0.2) is 20.9 Å². The predicted octanol–water partition coefficient (Wildman–Crippen LogP) is 4.95. The second-order valence-electron chi connectivity index (χ2n) is 6.62. The molecule has 148 valence electrons. The maximum absolute atomic E-state index is 12.8. The molecule has 0 aliphatic rings. The average Bonchev–Trinajstić information content (AvgIpc) is 3.40. The normalized spacial score (nSPS) is 12.1. The SMILES string of the molecule is CC[C@@H](Nc1ncnc2sc(C(=O)NCc3ccncc3)c(C)c12)c1cccs1. The van der Waals surface area contributed by atoms with Crippen LogP contribution in [0.4, 0.5) is 5.82 Å². The quantitative estimate of drug-likeness (QED) is 0.440. The largest absolute Gasteiger partial charge is 0.362 e. The third kappa shape index (κ3) is 4.13. The summed E-state index contributed by atoms with van der Waals surface area (Å²) in [7, 11) is 0. The van der Waals surface area contributed by atoms with Gasteiger partial charge in [0.1, 0.15) is 17.0 Å². The highest BCUT2D eigenvalue weighted by Gasteiger charge is 2.21. The van der Waals surface area contributed by atoms with Crippen molar-refractivity contribution in [3.05, 3.63) is 69.2 Å². The van der Waals surface area contributed by atoms with Crippen molar-refractivity contribution in [2.45, 2.75) is 32.9 Å². The average molecular weight is 424 g/mol. The minimum absolute atomic E-state index is 0.0986. The van der Waals surface area contributed by atoms with Crippen LogP contribution in [0.25, 0.3) is 10.2 Å². The van der Waals surface area contributed by atoms with Gasteiger partial charge in [0.15, 0.2) is 0 Å². The summed E-state index contributed by atoms with van der Waals surface area (Å²) in [6.45, 7) is 4.57. The van der Waals surface area contributed by atoms with E-state index in [0.717, 1.165) is 33.6 Å². The van der Waals surface area contributed by atoms with E-state index in [1.165, 1.54) is 16.2 Å². The number of nitrogens with zero attached hydrogens (tertiary/aromatic N) is 3. The van der Waals surface area contributed by atoms with Crippen LogP contribution in [0.2, 0.25) is 0 Å². The van der Waals surface area contributed by atoms with Gasteiger partial charge in [-0.15, -0.1) is 22.7 Å². The van der Waals surface area contributed by atoms with Gasteiger partial charge in [-0.2, -0.15) is 0 Å². The third-order valence-corrected chi connectivity index (χ3v) is 6.93.